The molecule has 0 aliphatic carbocycles. The highest BCUT2D eigenvalue weighted by molar-refractivity contribution is 7.99. The molecule has 9 heteroatoms. The minimum absolute atomic E-state index is 0.0995. The Balaban J connectivity index is 1.60. The van der Waals surface area contributed by atoms with Gasteiger partial charge in [0, 0.05) is 17.8 Å². The van der Waals surface area contributed by atoms with Crippen molar-refractivity contribution >= 4 is 29.3 Å². The van der Waals surface area contributed by atoms with Gasteiger partial charge in [0.1, 0.15) is 5.82 Å². The maximum atomic E-state index is 13.0. The molecule has 0 atom stereocenters. The number of aryl methyl sites for hydroxylation is 1. The lowest BCUT2D eigenvalue weighted by Gasteiger charge is -2.09. The molecule has 0 aliphatic rings. The quantitative estimate of drug-likeness (QED) is 0.393. The van der Waals surface area contributed by atoms with E-state index in [1.54, 1.807) is 16.7 Å². The van der Waals surface area contributed by atoms with Crippen molar-refractivity contribution in [1.29, 1.82) is 0 Å². The first kappa shape index (κ1) is 22.2. The summed E-state index contributed by atoms with van der Waals surface area (Å²) in [4.78, 5) is 24.6. The SMILES string of the molecule is C=CCn1c(CNC(=O)c2cccc(C)c2)nnc1SCC(=O)Nc1ccc(F)cc1. The number of nitrogens with one attached hydrogen (secondary N) is 2. The van der Waals surface area contributed by atoms with E-state index in [-0.39, 0.29) is 29.9 Å². The summed E-state index contributed by atoms with van der Waals surface area (Å²) in [5.74, 6) is -0.166. The fraction of sp³-hybridized carbons (Fsp3) is 0.182. The van der Waals surface area contributed by atoms with Crippen LogP contribution in [0, 0.1) is 12.7 Å². The van der Waals surface area contributed by atoms with Crippen LogP contribution in [0.4, 0.5) is 10.1 Å². The summed E-state index contributed by atoms with van der Waals surface area (Å²) in [6.07, 6.45) is 1.69. The molecule has 3 aromatic rings. The standard InChI is InChI=1S/C22H22FN5O2S/c1-3-11-28-19(13-24-21(30)16-6-4-5-15(2)12-16)26-27-22(28)31-14-20(29)25-18-9-7-17(23)8-10-18/h3-10,12H,1,11,13-14H2,2H3,(H,24,30)(H,25,29). The molecular weight excluding hydrogens is 417 g/mol. The number of hydrogen-bond donors (Lipinski definition) is 2. The number of halogens is 1. The van der Waals surface area contributed by atoms with Crippen LogP contribution in [0.3, 0.4) is 0 Å². The van der Waals surface area contributed by atoms with Gasteiger partial charge in [0.05, 0.1) is 12.3 Å². The molecule has 1 aromatic heterocycles. The second kappa shape index (κ2) is 10.5. The summed E-state index contributed by atoms with van der Waals surface area (Å²) < 4.78 is 14.8. The second-order valence-electron chi connectivity index (χ2n) is 6.69. The van der Waals surface area contributed by atoms with E-state index in [1.807, 2.05) is 25.1 Å². The number of benzene rings is 2. The van der Waals surface area contributed by atoms with E-state index in [4.69, 9.17) is 0 Å². The van der Waals surface area contributed by atoms with E-state index < -0.39 is 0 Å². The van der Waals surface area contributed by atoms with Crippen LogP contribution in [-0.2, 0) is 17.9 Å². The number of amides is 2. The lowest BCUT2D eigenvalue weighted by atomic mass is 10.1. The minimum Gasteiger partial charge on any atom is -0.345 e. The van der Waals surface area contributed by atoms with Crippen molar-refractivity contribution in [3.05, 3.63) is 84.0 Å². The van der Waals surface area contributed by atoms with E-state index in [1.165, 1.54) is 36.0 Å². The number of hydrogen-bond acceptors (Lipinski definition) is 5. The molecule has 7 nitrogen and oxygen atoms in total. The highest BCUT2D eigenvalue weighted by Gasteiger charge is 2.15. The number of carbonyl (C=O) groups is 2. The molecule has 3 rings (SSSR count). The van der Waals surface area contributed by atoms with Gasteiger partial charge in [-0.15, -0.1) is 16.8 Å². The smallest absolute Gasteiger partial charge is 0.251 e. The number of carbonyl (C=O) groups excluding carboxylic acids is 2. The van der Waals surface area contributed by atoms with Crippen LogP contribution >= 0.6 is 11.8 Å². The maximum Gasteiger partial charge on any atom is 0.251 e. The third kappa shape index (κ3) is 6.26. The summed E-state index contributed by atoms with van der Waals surface area (Å²) in [6.45, 7) is 6.29. The monoisotopic (exact) mass is 439 g/mol. The minimum atomic E-state index is -0.369. The molecule has 0 unspecified atom stereocenters. The zero-order chi connectivity index (χ0) is 22.2. The van der Waals surface area contributed by atoms with E-state index in [0.29, 0.717) is 28.8 Å². The summed E-state index contributed by atoms with van der Waals surface area (Å²) in [5, 5.41) is 14.4. The molecule has 1 heterocycles. The van der Waals surface area contributed by atoms with Crippen LogP contribution in [0.15, 0.2) is 66.3 Å². The van der Waals surface area contributed by atoms with Gasteiger partial charge < -0.3 is 15.2 Å². The third-order valence-corrected chi connectivity index (χ3v) is 5.22. The van der Waals surface area contributed by atoms with E-state index in [2.05, 4.69) is 27.4 Å². The molecule has 0 aliphatic heterocycles. The van der Waals surface area contributed by atoms with Gasteiger partial charge in [-0.25, -0.2) is 4.39 Å². The number of aromatic nitrogens is 3. The Hall–Kier alpha value is -3.46. The van der Waals surface area contributed by atoms with Crippen molar-refractivity contribution in [2.45, 2.75) is 25.2 Å². The predicted octanol–water partition coefficient (Wildman–Crippen LogP) is 3.57. The molecule has 0 saturated heterocycles. The summed E-state index contributed by atoms with van der Waals surface area (Å²) in [7, 11) is 0. The van der Waals surface area contributed by atoms with Gasteiger partial charge in [-0.3, -0.25) is 9.59 Å². The topological polar surface area (TPSA) is 88.9 Å². The Morgan fingerprint density at radius 2 is 1.97 bits per heavy atom. The summed E-state index contributed by atoms with van der Waals surface area (Å²) in [5.41, 5.74) is 2.08. The molecule has 2 amide bonds. The van der Waals surface area contributed by atoms with Crippen LogP contribution in [-0.4, -0.2) is 32.3 Å². The van der Waals surface area contributed by atoms with Crippen molar-refractivity contribution in [3.8, 4) is 0 Å². The average Bonchev–Trinajstić information content (AvgIpc) is 3.14. The largest absolute Gasteiger partial charge is 0.345 e. The fourth-order valence-corrected chi connectivity index (χ4v) is 3.54. The first-order chi connectivity index (χ1) is 15.0. The van der Waals surface area contributed by atoms with Crippen LogP contribution in [0.5, 0.6) is 0 Å². The Labute approximate surface area is 183 Å². The Morgan fingerprint density at radius 1 is 1.19 bits per heavy atom. The van der Waals surface area contributed by atoms with E-state index in [9.17, 15) is 14.0 Å². The normalized spacial score (nSPS) is 10.5. The Kier molecular flexibility index (Phi) is 7.55. The number of nitrogens with zero attached hydrogens (tertiary/aromatic N) is 3. The van der Waals surface area contributed by atoms with E-state index in [0.717, 1.165) is 5.56 Å². The van der Waals surface area contributed by atoms with Crippen molar-refractivity contribution < 1.29 is 14.0 Å². The molecule has 2 N–H and O–H groups in total. The first-order valence-corrected chi connectivity index (χ1v) is 10.5. The number of rotatable bonds is 9. The fourth-order valence-electron chi connectivity index (χ4n) is 2.78. The molecule has 0 bridgehead atoms. The number of allylic oxidation sites excluding steroid dienone is 1. The average molecular weight is 440 g/mol. The molecule has 0 fully saturated rings. The summed E-state index contributed by atoms with van der Waals surface area (Å²) in [6, 6.07) is 12.9. The van der Waals surface area contributed by atoms with Crippen LogP contribution in [0.25, 0.3) is 0 Å². The van der Waals surface area contributed by atoms with Gasteiger partial charge in [0.25, 0.3) is 5.91 Å². The zero-order valence-electron chi connectivity index (χ0n) is 17.0. The molecule has 0 spiro atoms. The van der Waals surface area contributed by atoms with Gasteiger partial charge in [-0.1, -0.05) is 35.5 Å². The second-order valence-corrected chi connectivity index (χ2v) is 7.64. The lowest BCUT2D eigenvalue weighted by molar-refractivity contribution is -0.113. The van der Waals surface area contributed by atoms with E-state index >= 15 is 0 Å². The third-order valence-electron chi connectivity index (χ3n) is 4.25. The van der Waals surface area contributed by atoms with Gasteiger partial charge in [-0.2, -0.15) is 0 Å². The Bertz CT molecular complexity index is 1080. The molecule has 160 valence electrons. The number of thioether (sulfide) groups is 1. The molecule has 2 aromatic carbocycles. The maximum absolute atomic E-state index is 13.0. The highest BCUT2D eigenvalue weighted by atomic mass is 32.2. The van der Waals surface area contributed by atoms with Gasteiger partial charge in [-0.05, 0) is 43.3 Å². The van der Waals surface area contributed by atoms with Crippen LogP contribution in [0.1, 0.15) is 21.7 Å². The molecule has 0 saturated carbocycles. The van der Waals surface area contributed by atoms with Crippen molar-refractivity contribution in [1.82, 2.24) is 20.1 Å². The van der Waals surface area contributed by atoms with Crippen molar-refractivity contribution in [3.63, 3.8) is 0 Å². The lowest BCUT2D eigenvalue weighted by Crippen LogP contribution is -2.25. The molecule has 31 heavy (non-hydrogen) atoms. The Morgan fingerprint density at radius 3 is 2.68 bits per heavy atom. The van der Waals surface area contributed by atoms with Crippen LogP contribution in [0.2, 0.25) is 0 Å². The molecule has 0 radical (unpaired) electrons. The van der Waals surface area contributed by atoms with Gasteiger partial charge in [0.2, 0.25) is 5.91 Å². The van der Waals surface area contributed by atoms with Gasteiger partial charge in [0.15, 0.2) is 11.0 Å². The highest BCUT2D eigenvalue weighted by Crippen LogP contribution is 2.18. The first-order valence-electron chi connectivity index (χ1n) is 9.52. The van der Waals surface area contributed by atoms with Crippen molar-refractivity contribution in [2.24, 2.45) is 0 Å². The number of anilines is 1. The van der Waals surface area contributed by atoms with Crippen molar-refractivity contribution in [2.75, 3.05) is 11.1 Å². The van der Waals surface area contributed by atoms with Crippen LogP contribution < -0.4 is 10.6 Å². The zero-order valence-corrected chi connectivity index (χ0v) is 17.8. The predicted molar refractivity (Wildman–Crippen MR) is 118 cm³/mol. The summed E-state index contributed by atoms with van der Waals surface area (Å²) >= 11 is 1.21. The molecular formula is C22H22FN5O2S. The van der Waals surface area contributed by atoms with Gasteiger partial charge >= 0.3 is 0 Å².